The molecule has 2 aliphatic rings. The van der Waals surface area contributed by atoms with Crippen LogP contribution in [0.2, 0.25) is 0 Å². The van der Waals surface area contributed by atoms with Crippen molar-refractivity contribution in [2.24, 2.45) is 5.41 Å². The number of amides is 1. The zero-order valence-corrected chi connectivity index (χ0v) is 15.5. The Hall–Kier alpha value is -0.660. The van der Waals surface area contributed by atoms with Crippen LogP contribution in [0.3, 0.4) is 0 Å². The SMILES string of the molecule is CCCS(=O)(=O)N1CCC2(CC1)C[C@@H](O)C(C)(C)N(C(C)=O)C2. The predicted molar refractivity (Wildman–Crippen MR) is 89.4 cm³/mol. The third-order valence-electron chi connectivity index (χ3n) is 5.65. The molecule has 0 radical (unpaired) electrons. The molecular formula is C16H30N2O4S. The van der Waals surface area contributed by atoms with E-state index < -0.39 is 21.7 Å². The van der Waals surface area contributed by atoms with Crippen LogP contribution in [0.15, 0.2) is 0 Å². The summed E-state index contributed by atoms with van der Waals surface area (Å²) in [7, 11) is -3.16. The summed E-state index contributed by atoms with van der Waals surface area (Å²) in [5, 5.41) is 10.6. The standard InChI is InChI=1S/C16H30N2O4S/c1-5-10-23(21,22)17-8-6-16(7-9-17)11-14(20)15(3,4)18(12-16)13(2)19/h14,20H,5-12H2,1-4H3/t14-/m1/s1. The maximum absolute atomic E-state index is 12.2. The molecule has 6 nitrogen and oxygen atoms in total. The first-order chi connectivity index (χ1) is 10.5. The summed E-state index contributed by atoms with van der Waals surface area (Å²) < 4.78 is 26.0. The van der Waals surface area contributed by atoms with Crippen LogP contribution in [0.1, 0.15) is 53.4 Å². The Morgan fingerprint density at radius 2 is 1.83 bits per heavy atom. The lowest BCUT2D eigenvalue weighted by atomic mass is 9.67. The van der Waals surface area contributed by atoms with Crippen LogP contribution >= 0.6 is 0 Å². The third-order valence-corrected chi connectivity index (χ3v) is 7.73. The molecule has 2 rings (SSSR count). The summed E-state index contributed by atoms with van der Waals surface area (Å²) in [6.07, 6.45) is 2.07. The van der Waals surface area contributed by atoms with Crippen molar-refractivity contribution in [1.29, 1.82) is 0 Å². The van der Waals surface area contributed by atoms with Crippen LogP contribution in [0.5, 0.6) is 0 Å². The highest BCUT2D eigenvalue weighted by Crippen LogP contribution is 2.45. The highest BCUT2D eigenvalue weighted by atomic mass is 32.2. The first-order valence-electron chi connectivity index (χ1n) is 8.48. The average molecular weight is 346 g/mol. The number of likely N-dealkylation sites (tertiary alicyclic amines) is 1. The Kier molecular flexibility index (Phi) is 5.14. The Balaban J connectivity index is 2.13. The topological polar surface area (TPSA) is 77.9 Å². The molecule has 1 N–H and O–H groups in total. The molecule has 0 aromatic carbocycles. The van der Waals surface area contributed by atoms with E-state index >= 15 is 0 Å². The van der Waals surface area contributed by atoms with Gasteiger partial charge in [0.05, 0.1) is 17.4 Å². The number of sulfonamides is 1. The fourth-order valence-corrected chi connectivity index (χ4v) is 5.46. The lowest BCUT2D eigenvalue weighted by Crippen LogP contribution is -2.64. The molecule has 23 heavy (non-hydrogen) atoms. The van der Waals surface area contributed by atoms with E-state index in [9.17, 15) is 18.3 Å². The van der Waals surface area contributed by atoms with Gasteiger partial charge in [0, 0.05) is 26.6 Å². The zero-order valence-electron chi connectivity index (χ0n) is 14.7. The molecule has 2 heterocycles. The van der Waals surface area contributed by atoms with Crippen LogP contribution in [-0.4, -0.2) is 65.7 Å². The number of hydrogen-bond donors (Lipinski definition) is 1. The van der Waals surface area contributed by atoms with Crippen LogP contribution in [0, 0.1) is 5.41 Å². The fraction of sp³-hybridized carbons (Fsp3) is 0.938. The van der Waals surface area contributed by atoms with Gasteiger partial charge in [-0.25, -0.2) is 12.7 Å². The summed E-state index contributed by atoms with van der Waals surface area (Å²) in [5.41, 5.74) is -0.735. The number of piperidine rings is 2. The second-order valence-corrected chi connectivity index (χ2v) is 9.78. The molecule has 0 aromatic heterocycles. The molecule has 0 saturated carbocycles. The largest absolute Gasteiger partial charge is 0.391 e. The molecule has 2 fully saturated rings. The molecule has 1 amide bonds. The first-order valence-corrected chi connectivity index (χ1v) is 10.1. The highest BCUT2D eigenvalue weighted by Gasteiger charge is 2.51. The lowest BCUT2D eigenvalue weighted by molar-refractivity contribution is -0.156. The van der Waals surface area contributed by atoms with E-state index in [1.807, 2.05) is 20.8 Å². The Labute approximate surface area is 139 Å². The number of rotatable bonds is 3. The van der Waals surface area contributed by atoms with Crippen LogP contribution in [0.4, 0.5) is 0 Å². The van der Waals surface area contributed by atoms with Crippen molar-refractivity contribution in [1.82, 2.24) is 9.21 Å². The van der Waals surface area contributed by atoms with E-state index in [-0.39, 0.29) is 17.1 Å². The smallest absolute Gasteiger partial charge is 0.219 e. The van der Waals surface area contributed by atoms with Crippen molar-refractivity contribution in [3.05, 3.63) is 0 Å². The van der Waals surface area contributed by atoms with Gasteiger partial charge in [0.2, 0.25) is 15.9 Å². The maximum atomic E-state index is 12.2. The van der Waals surface area contributed by atoms with Crippen LogP contribution < -0.4 is 0 Å². The van der Waals surface area contributed by atoms with Crippen molar-refractivity contribution in [2.75, 3.05) is 25.4 Å². The minimum atomic E-state index is -3.16. The molecule has 0 bridgehead atoms. The summed E-state index contributed by atoms with van der Waals surface area (Å²) in [6, 6.07) is 0. The molecule has 2 aliphatic heterocycles. The fourth-order valence-electron chi connectivity index (χ4n) is 3.95. The van der Waals surface area contributed by atoms with Gasteiger partial charge >= 0.3 is 0 Å². The second-order valence-electron chi connectivity index (χ2n) is 7.69. The van der Waals surface area contributed by atoms with E-state index in [1.165, 1.54) is 6.92 Å². The summed E-state index contributed by atoms with van der Waals surface area (Å²) in [5.74, 6) is 0.157. The van der Waals surface area contributed by atoms with Gasteiger partial charge in [-0.05, 0) is 44.9 Å². The highest BCUT2D eigenvalue weighted by molar-refractivity contribution is 7.89. The number of carbonyl (C=O) groups excluding carboxylic acids is 1. The summed E-state index contributed by atoms with van der Waals surface area (Å²) in [6.45, 7) is 8.78. The normalized spacial score (nSPS) is 28.0. The number of carbonyl (C=O) groups is 1. The Morgan fingerprint density at radius 1 is 1.26 bits per heavy atom. The quantitative estimate of drug-likeness (QED) is 0.833. The van der Waals surface area contributed by atoms with Gasteiger partial charge < -0.3 is 10.0 Å². The maximum Gasteiger partial charge on any atom is 0.219 e. The van der Waals surface area contributed by atoms with Crippen molar-refractivity contribution in [3.63, 3.8) is 0 Å². The molecule has 0 aliphatic carbocycles. The van der Waals surface area contributed by atoms with Gasteiger partial charge in [-0.2, -0.15) is 0 Å². The number of aliphatic hydroxyl groups excluding tert-OH is 1. The Morgan fingerprint density at radius 3 is 2.30 bits per heavy atom. The average Bonchev–Trinajstić information content (AvgIpc) is 2.43. The first kappa shape index (κ1) is 18.7. The minimum absolute atomic E-state index is 0.0332. The third kappa shape index (κ3) is 3.56. The molecule has 0 aromatic rings. The van der Waals surface area contributed by atoms with Gasteiger partial charge in [-0.15, -0.1) is 0 Å². The van der Waals surface area contributed by atoms with Gasteiger partial charge in [0.25, 0.3) is 0 Å². The van der Waals surface area contributed by atoms with E-state index in [0.717, 1.165) is 0 Å². The van der Waals surface area contributed by atoms with Crippen molar-refractivity contribution < 1.29 is 18.3 Å². The second kappa shape index (κ2) is 6.33. The minimum Gasteiger partial charge on any atom is -0.391 e. The van der Waals surface area contributed by atoms with Crippen LogP contribution in [-0.2, 0) is 14.8 Å². The zero-order chi connectivity index (χ0) is 17.5. The van der Waals surface area contributed by atoms with Gasteiger partial charge in [0.15, 0.2) is 0 Å². The predicted octanol–water partition coefficient (Wildman–Crippen LogP) is 1.20. The molecule has 134 valence electrons. The van der Waals surface area contributed by atoms with Crippen molar-refractivity contribution in [3.8, 4) is 0 Å². The van der Waals surface area contributed by atoms with Gasteiger partial charge in [-0.3, -0.25) is 4.79 Å². The van der Waals surface area contributed by atoms with Crippen LogP contribution in [0.25, 0.3) is 0 Å². The van der Waals surface area contributed by atoms with Gasteiger partial charge in [-0.1, -0.05) is 6.92 Å². The summed E-state index contributed by atoms with van der Waals surface area (Å²) in [4.78, 5) is 13.8. The lowest BCUT2D eigenvalue weighted by Gasteiger charge is -2.55. The van der Waals surface area contributed by atoms with Crippen molar-refractivity contribution >= 4 is 15.9 Å². The van der Waals surface area contributed by atoms with Gasteiger partial charge in [0.1, 0.15) is 0 Å². The molecule has 2 saturated heterocycles. The van der Waals surface area contributed by atoms with E-state index in [1.54, 1.807) is 9.21 Å². The molecule has 7 heteroatoms. The molecular weight excluding hydrogens is 316 g/mol. The summed E-state index contributed by atoms with van der Waals surface area (Å²) >= 11 is 0. The number of hydrogen-bond acceptors (Lipinski definition) is 4. The monoisotopic (exact) mass is 346 g/mol. The molecule has 1 atom stereocenters. The number of nitrogens with zero attached hydrogens (tertiary/aromatic N) is 2. The van der Waals surface area contributed by atoms with Crippen molar-refractivity contribution in [2.45, 2.75) is 65.0 Å². The molecule has 0 unspecified atom stereocenters. The molecule has 1 spiro atoms. The van der Waals surface area contributed by atoms with E-state index in [2.05, 4.69) is 0 Å². The van der Waals surface area contributed by atoms with E-state index in [4.69, 9.17) is 0 Å². The number of aliphatic hydroxyl groups is 1. The van der Waals surface area contributed by atoms with E-state index in [0.29, 0.717) is 45.3 Å². The Bertz CT molecular complexity index is 550.